The highest BCUT2D eigenvalue weighted by molar-refractivity contribution is 5.81. The summed E-state index contributed by atoms with van der Waals surface area (Å²) in [4.78, 5) is 25.1. The van der Waals surface area contributed by atoms with Crippen LogP contribution in [0.5, 0.6) is 0 Å². The lowest BCUT2D eigenvalue weighted by Gasteiger charge is -2.34. The Morgan fingerprint density at radius 3 is 2.43 bits per heavy atom. The van der Waals surface area contributed by atoms with Crippen molar-refractivity contribution in [3.63, 3.8) is 0 Å². The van der Waals surface area contributed by atoms with Crippen molar-refractivity contribution in [2.24, 2.45) is 0 Å². The van der Waals surface area contributed by atoms with E-state index in [1.807, 2.05) is 0 Å². The van der Waals surface area contributed by atoms with Crippen molar-refractivity contribution in [1.29, 1.82) is 0 Å². The molecule has 1 fully saturated rings. The van der Waals surface area contributed by atoms with Gasteiger partial charge in [-0.2, -0.15) is 0 Å². The van der Waals surface area contributed by atoms with Crippen LogP contribution < -0.4 is 0 Å². The summed E-state index contributed by atoms with van der Waals surface area (Å²) in [6.45, 7) is 5.07. The Morgan fingerprint density at radius 2 is 1.86 bits per heavy atom. The van der Waals surface area contributed by atoms with Gasteiger partial charge in [-0.25, -0.2) is 0 Å². The molecule has 0 aromatic rings. The van der Waals surface area contributed by atoms with Crippen LogP contribution in [0, 0.1) is 0 Å². The third-order valence-electron chi connectivity index (χ3n) is 3.77. The van der Waals surface area contributed by atoms with E-state index in [0.29, 0.717) is 13.1 Å². The molecular formula is C15H25NO5. The van der Waals surface area contributed by atoms with E-state index < -0.39 is 0 Å². The van der Waals surface area contributed by atoms with Gasteiger partial charge in [0, 0.05) is 33.7 Å². The fourth-order valence-electron chi connectivity index (χ4n) is 2.39. The Kier molecular flexibility index (Phi) is 7.39. The van der Waals surface area contributed by atoms with Crippen LogP contribution in [0.1, 0.15) is 25.7 Å². The van der Waals surface area contributed by atoms with Crippen molar-refractivity contribution in [2.45, 2.75) is 37.9 Å². The number of hydrogen-bond acceptors (Lipinski definition) is 5. The second-order valence-corrected chi connectivity index (χ2v) is 5.17. The normalized spacial score (nSPS) is 23.4. The highest BCUT2D eigenvalue weighted by Gasteiger charge is 2.29. The first kappa shape index (κ1) is 17.7. The predicted molar refractivity (Wildman–Crippen MR) is 77.8 cm³/mol. The number of esters is 1. The second-order valence-electron chi connectivity index (χ2n) is 5.17. The minimum atomic E-state index is -0.377. The van der Waals surface area contributed by atoms with Gasteiger partial charge in [-0.05, 0) is 12.8 Å². The Labute approximate surface area is 126 Å². The second kappa shape index (κ2) is 8.79. The zero-order valence-electron chi connectivity index (χ0n) is 13.1. The van der Waals surface area contributed by atoms with Gasteiger partial charge in [-0.15, -0.1) is 0 Å². The minimum absolute atomic E-state index is 0.0768. The highest BCUT2D eigenvalue weighted by Crippen LogP contribution is 2.20. The average molecular weight is 299 g/mol. The number of hydrogen-bond donors (Lipinski definition) is 0. The molecule has 120 valence electrons. The van der Waals surface area contributed by atoms with E-state index in [0.717, 1.165) is 18.4 Å². The third-order valence-corrected chi connectivity index (χ3v) is 3.77. The first-order valence-corrected chi connectivity index (χ1v) is 7.08. The molecule has 2 atom stereocenters. The summed E-state index contributed by atoms with van der Waals surface area (Å²) < 4.78 is 15.5. The molecule has 21 heavy (non-hydrogen) atoms. The maximum absolute atomic E-state index is 12.2. The monoisotopic (exact) mass is 299 g/mol. The summed E-state index contributed by atoms with van der Waals surface area (Å²) in [5.41, 5.74) is 1.04. The summed E-state index contributed by atoms with van der Waals surface area (Å²) in [7, 11) is 4.56. The van der Waals surface area contributed by atoms with Crippen molar-refractivity contribution in [3.8, 4) is 0 Å². The molecule has 0 saturated carbocycles. The lowest BCUT2D eigenvalue weighted by Crippen LogP contribution is -2.46. The Balaban J connectivity index is 2.68. The number of methoxy groups -OCH3 is 3. The van der Waals surface area contributed by atoms with E-state index in [9.17, 15) is 9.59 Å². The van der Waals surface area contributed by atoms with Crippen molar-refractivity contribution in [1.82, 2.24) is 4.90 Å². The predicted octanol–water partition coefficient (Wildman–Crippen LogP) is 1.15. The van der Waals surface area contributed by atoms with Crippen LogP contribution in [-0.2, 0) is 23.8 Å². The summed E-state index contributed by atoms with van der Waals surface area (Å²) in [6.07, 6.45) is 1.40. The van der Waals surface area contributed by atoms with E-state index in [1.54, 1.807) is 19.1 Å². The van der Waals surface area contributed by atoms with Gasteiger partial charge < -0.3 is 19.1 Å². The van der Waals surface area contributed by atoms with Crippen LogP contribution in [0.2, 0.25) is 0 Å². The van der Waals surface area contributed by atoms with Gasteiger partial charge in [-0.3, -0.25) is 9.59 Å². The maximum Gasteiger partial charge on any atom is 0.306 e. The molecule has 1 amide bonds. The van der Waals surface area contributed by atoms with E-state index >= 15 is 0 Å². The molecule has 0 unspecified atom stereocenters. The van der Waals surface area contributed by atoms with E-state index in [4.69, 9.17) is 9.47 Å². The van der Waals surface area contributed by atoms with Gasteiger partial charge in [0.2, 0.25) is 5.91 Å². The number of carbonyl (C=O) groups is 2. The lowest BCUT2D eigenvalue weighted by molar-refractivity contribution is -0.144. The van der Waals surface area contributed by atoms with Gasteiger partial charge >= 0.3 is 5.97 Å². The molecule has 0 aliphatic carbocycles. The van der Waals surface area contributed by atoms with Gasteiger partial charge in [0.15, 0.2) is 0 Å². The molecule has 1 aliphatic heterocycles. The Morgan fingerprint density at radius 1 is 1.19 bits per heavy atom. The molecule has 1 aliphatic rings. The molecule has 6 nitrogen and oxygen atoms in total. The standard InChI is InChI=1S/C15H25NO5/c1-11-7-8-16(14(17)5-6-15(18)21-4)10-13(20-3)12(9-11)19-2/h12-13H,1,5-10H2,2-4H3/t12-,13-/m0/s1. The Bertz CT molecular complexity index is 382. The molecule has 0 spiro atoms. The Hall–Kier alpha value is -1.40. The van der Waals surface area contributed by atoms with Crippen LogP contribution >= 0.6 is 0 Å². The summed E-state index contributed by atoms with van der Waals surface area (Å²) in [5, 5.41) is 0. The third kappa shape index (κ3) is 5.47. The van der Waals surface area contributed by atoms with Crippen LogP contribution in [0.3, 0.4) is 0 Å². The van der Waals surface area contributed by atoms with Crippen LogP contribution in [-0.4, -0.2) is 63.4 Å². The first-order valence-electron chi connectivity index (χ1n) is 7.08. The number of amides is 1. The molecule has 0 aromatic carbocycles. The van der Waals surface area contributed by atoms with Crippen molar-refractivity contribution in [3.05, 3.63) is 12.2 Å². The molecule has 0 bridgehead atoms. The molecule has 6 heteroatoms. The van der Waals surface area contributed by atoms with Gasteiger partial charge in [-0.1, -0.05) is 12.2 Å². The molecule has 0 aromatic heterocycles. The molecule has 0 N–H and O–H groups in total. The fourth-order valence-corrected chi connectivity index (χ4v) is 2.39. The number of carbonyl (C=O) groups excluding carboxylic acids is 2. The molecule has 1 saturated heterocycles. The smallest absolute Gasteiger partial charge is 0.306 e. The van der Waals surface area contributed by atoms with Crippen molar-refractivity contribution in [2.75, 3.05) is 34.4 Å². The SMILES string of the molecule is C=C1CCN(C(=O)CCC(=O)OC)C[C@H](OC)[C@@H](OC)C1. The van der Waals surface area contributed by atoms with Gasteiger partial charge in [0.05, 0.1) is 19.6 Å². The zero-order chi connectivity index (χ0) is 15.8. The number of likely N-dealkylation sites (tertiary alicyclic amines) is 1. The fraction of sp³-hybridized carbons (Fsp3) is 0.733. The summed E-state index contributed by atoms with van der Waals surface area (Å²) in [5.74, 6) is -0.454. The number of nitrogens with zero attached hydrogens (tertiary/aromatic N) is 1. The largest absolute Gasteiger partial charge is 0.469 e. The molecular weight excluding hydrogens is 274 g/mol. The molecule has 1 heterocycles. The quantitative estimate of drug-likeness (QED) is 0.563. The highest BCUT2D eigenvalue weighted by atomic mass is 16.5. The van der Waals surface area contributed by atoms with Crippen LogP contribution in [0.25, 0.3) is 0 Å². The lowest BCUT2D eigenvalue weighted by atomic mass is 9.99. The van der Waals surface area contributed by atoms with Gasteiger partial charge in [0.1, 0.15) is 6.10 Å². The van der Waals surface area contributed by atoms with Gasteiger partial charge in [0.25, 0.3) is 0 Å². The van der Waals surface area contributed by atoms with Crippen molar-refractivity contribution >= 4 is 11.9 Å². The maximum atomic E-state index is 12.2. The molecule has 1 rings (SSSR count). The van der Waals surface area contributed by atoms with E-state index in [-0.39, 0.29) is 36.9 Å². The number of ether oxygens (including phenoxy) is 3. The topological polar surface area (TPSA) is 65.1 Å². The first-order chi connectivity index (χ1) is 10.0. The zero-order valence-corrected chi connectivity index (χ0v) is 13.1. The summed E-state index contributed by atoms with van der Waals surface area (Å²) >= 11 is 0. The van der Waals surface area contributed by atoms with Crippen LogP contribution in [0.15, 0.2) is 12.2 Å². The summed E-state index contributed by atoms with van der Waals surface area (Å²) in [6, 6.07) is 0. The van der Waals surface area contributed by atoms with Crippen LogP contribution in [0.4, 0.5) is 0 Å². The minimum Gasteiger partial charge on any atom is -0.469 e. The number of rotatable bonds is 5. The van der Waals surface area contributed by atoms with Crippen molar-refractivity contribution < 1.29 is 23.8 Å². The average Bonchev–Trinajstić information content (AvgIpc) is 2.48. The molecule has 0 radical (unpaired) electrons. The van der Waals surface area contributed by atoms with E-state index in [2.05, 4.69) is 11.3 Å². The van der Waals surface area contributed by atoms with E-state index in [1.165, 1.54) is 7.11 Å².